The van der Waals surface area contributed by atoms with Crippen molar-refractivity contribution < 1.29 is 33.8 Å². The van der Waals surface area contributed by atoms with Crippen LogP contribution in [-0.4, -0.2) is 36.0 Å². The number of nitrogens with one attached hydrogen (secondary N) is 1. The topological polar surface area (TPSA) is 122 Å². The molecule has 3 aromatic carbocycles. The first-order valence-corrected chi connectivity index (χ1v) is 15.8. The van der Waals surface area contributed by atoms with Gasteiger partial charge in [-0.3, -0.25) is 14.9 Å². The number of aromatic carboxylic acids is 1. The van der Waals surface area contributed by atoms with Crippen molar-refractivity contribution in [2.75, 3.05) is 12.0 Å². The van der Waals surface area contributed by atoms with Crippen molar-refractivity contribution in [1.82, 2.24) is 5.32 Å². The number of halogens is 1. The molecule has 4 saturated carbocycles. The second-order valence-corrected chi connectivity index (χ2v) is 13.4. The molecule has 1 aliphatic heterocycles. The van der Waals surface area contributed by atoms with Gasteiger partial charge in [0.1, 0.15) is 12.2 Å². The Morgan fingerprint density at radius 2 is 1.67 bits per heavy atom. The number of ether oxygens (including phenoxy) is 2. The SMILES string of the molecule is COc1cc(/C=C2\C(=O)NC(=O)N(c3ccc(C45CC6CC(CC(C6)C4)C5)cc3)C2=O)cc(Cl)c1OCc1cccc(C(=O)O)c1. The third-order valence-corrected chi connectivity index (χ3v) is 10.3. The lowest BCUT2D eigenvalue weighted by Crippen LogP contribution is -2.54. The molecule has 5 fully saturated rings. The van der Waals surface area contributed by atoms with Gasteiger partial charge in [0.2, 0.25) is 0 Å². The zero-order valence-corrected chi connectivity index (χ0v) is 26.0. The predicted octanol–water partition coefficient (Wildman–Crippen LogP) is 6.76. The van der Waals surface area contributed by atoms with Gasteiger partial charge in [0.05, 0.1) is 23.4 Å². The molecular formula is C36H33ClN2O7. The van der Waals surface area contributed by atoms with E-state index in [0.717, 1.165) is 22.7 Å². The lowest BCUT2D eigenvalue weighted by atomic mass is 9.48. The Morgan fingerprint density at radius 3 is 2.30 bits per heavy atom. The highest BCUT2D eigenvalue weighted by atomic mass is 35.5. The van der Waals surface area contributed by atoms with Crippen molar-refractivity contribution in [3.8, 4) is 11.5 Å². The predicted molar refractivity (Wildman–Crippen MR) is 171 cm³/mol. The standard InChI is InChI=1S/C36H33ClN2O7/c1-45-30-15-21(14-29(37)31(30)46-19-20-3-2-4-25(12-20)34(42)43)13-28-32(40)38-35(44)39(33(28)41)27-7-5-26(6-8-27)36-16-22-9-23(17-36)11-24(10-22)18-36/h2-8,12-15,22-24H,9-11,16-19H2,1H3,(H,42,43)(H,38,40,44)/b28-13+. The summed E-state index contributed by atoms with van der Waals surface area (Å²) < 4.78 is 11.4. The molecule has 0 radical (unpaired) electrons. The molecule has 0 spiro atoms. The van der Waals surface area contributed by atoms with Gasteiger partial charge in [0.15, 0.2) is 11.5 Å². The maximum atomic E-state index is 13.6. The molecule has 1 heterocycles. The van der Waals surface area contributed by atoms with Gasteiger partial charge in [0.25, 0.3) is 11.8 Å². The number of hydrogen-bond acceptors (Lipinski definition) is 6. The van der Waals surface area contributed by atoms with Crippen LogP contribution in [0, 0.1) is 17.8 Å². The van der Waals surface area contributed by atoms with Crippen LogP contribution < -0.4 is 19.7 Å². The first kappa shape index (κ1) is 30.0. The molecule has 4 amide bonds. The third kappa shape index (κ3) is 5.42. The molecule has 0 unspecified atom stereocenters. The Kier molecular flexibility index (Phi) is 7.59. The van der Waals surface area contributed by atoms with E-state index in [-0.39, 0.29) is 39.7 Å². The van der Waals surface area contributed by atoms with Crippen LogP contribution in [0.1, 0.15) is 65.6 Å². The van der Waals surface area contributed by atoms with Crippen LogP contribution in [-0.2, 0) is 21.6 Å². The number of rotatable bonds is 8. The van der Waals surface area contributed by atoms with E-state index in [0.29, 0.717) is 16.8 Å². The Hall–Kier alpha value is -4.63. The molecule has 8 rings (SSSR count). The van der Waals surface area contributed by atoms with Gasteiger partial charge in [-0.2, -0.15) is 0 Å². The van der Waals surface area contributed by atoms with Crippen molar-refractivity contribution in [2.45, 2.75) is 50.5 Å². The number of barbiturate groups is 1. The molecule has 3 aromatic rings. The van der Waals surface area contributed by atoms with Crippen LogP contribution in [0.2, 0.25) is 5.02 Å². The number of hydrogen-bond donors (Lipinski definition) is 2. The summed E-state index contributed by atoms with van der Waals surface area (Å²) in [5.74, 6) is 0.224. The van der Waals surface area contributed by atoms with Crippen molar-refractivity contribution >= 4 is 47.2 Å². The Bertz CT molecular complexity index is 1760. The molecule has 2 N–H and O–H groups in total. The van der Waals surface area contributed by atoms with Gasteiger partial charge >= 0.3 is 12.0 Å². The summed E-state index contributed by atoms with van der Waals surface area (Å²) in [4.78, 5) is 51.7. The second-order valence-electron chi connectivity index (χ2n) is 13.0. The van der Waals surface area contributed by atoms with Crippen molar-refractivity contribution in [3.05, 3.63) is 93.5 Å². The number of imide groups is 2. The molecule has 10 heteroatoms. The van der Waals surface area contributed by atoms with Gasteiger partial charge in [0, 0.05) is 0 Å². The molecule has 4 bridgehead atoms. The van der Waals surface area contributed by atoms with Crippen LogP contribution in [0.3, 0.4) is 0 Å². The van der Waals surface area contributed by atoms with E-state index < -0.39 is 23.8 Å². The summed E-state index contributed by atoms with van der Waals surface area (Å²) in [6.07, 6.45) is 9.01. The van der Waals surface area contributed by atoms with Gasteiger partial charge in [-0.1, -0.05) is 35.9 Å². The summed E-state index contributed by atoms with van der Waals surface area (Å²) in [6, 6.07) is 16.3. The number of nitrogens with zero attached hydrogens (tertiary/aromatic N) is 1. The zero-order valence-electron chi connectivity index (χ0n) is 25.3. The van der Waals surface area contributed by atoms with Gasteiger partial charge in [-0.05, 0) is 121 Å². The average Bonchev–Trinajstić information content (AvgIpc) is 3.02. The number of carbonyl (C=O) groups excluding carboxylic acids is 3. The number of carboxylic acid groups (broad SMARTS) is 1. The molecule has 46 heavy (non-hydrogen) atoms. The summed E-state index contributed by atoms with van der Waals surface area (Å²) in [7, 11) is 1.42. The number of anilines is 1. The minimum atomic E-state index is -1.05. The largest absolute Gasteiger partial charge is 0.493 e. The fourth-order valence-electron chi connectivity index (χ4n) is 8.40. The van der Waals surface area contributed by atoms with E-state index in [2.05, 4.69) is 5.32 Å². The van der Waals surface area contributed by atoms with Gasteiger partial charge in [-0.25, -0.2) is 14.5 Å². The van der Waals surface area contributed by atoms with E-state index in [1.54, 1.807) is 30.3 Å². The van der Waals surface area contributed by atoms with E-state index in [1.165, 1.54) is 75.5 Å². The molecule has 4 aliphatic carbocycles. The molecule has 0 aromatic heterocycles. The normalized spacial score (nSPS) is 26.0. The molecule has 9 nitrogen and oxygen atoms in total. The fraction of sp³-hybridized carbons (Fsp3) is 0.333. The summed E-state index contributed by atoms with van der Waals surface area (Å²) in [6.45, 7) is 0.0251. The van der Waals surface area contributed by atoms with E-state index in [4.69, 9.17) is 21.1 Å². The Balaban J connectivity index is 1.12. The lowest BCUT2D eigenvalue weighted by Gasteiger charge is -2.57. The van der Waals surface area contributed by atoms with Gasteiger partial charge < -0.3 is 14.6 Å². The first-order chi connectivity index (χ1) is 22.1. The zero-order chi connectivity index (χ0) is 32.2. The maximum Gasteiger partial charge on any atom is 0.335 e. The highest BCUT2D eigenvalue weighted by Gasteiger charge is 2.51. The molecule has 236 valence electrons. The highest BCUT2D eigenvalue weighted by Crippen LogP contribution is 2.60. The Morgan fingerprint density at radius 1 is 1.00 bits per heavy atom. The quantitative estimate of drug-likeness (QED) is 0.206. The van der Waals surface area contributed by atoms with E-state index in [1.807, 2.05) is 12.1 Å². The van der Waals surface area contributed by atoms with Crippen LogP contribution in [0.4, 0.5) is 10.5 Å². The molecule has 5 aliphatic rings. The van der Waals surface area contributed by atoms with E-state index in [9.17, 15) is 24.3 Å². The number of carbonyl (C=O) groups is 4. The van der Waals surface area contributed by atoms with Crippen molar-refractivity contribution in [2.24, 2.45) is 17.8 Å². The van der Waals surface area contributed by atoms with Crippen LogP contribution in [0.15, 0.2) is 66.2 Å². The minimum absolute atomic E-state index is 0.0251. The number of methoxy groups -OCH3 is 1. The monoisotopic (exact) mass is 640 g/mol. The Labute approximate surface area is 271 Å². The number of carboxylic acids is 1. The van der Waals surface area contributed by atoms with Crippen LogP contribution >= 0.6 is 11.6 Å². The first-order valence-electron chi connectivity index (χ1n) is 15.5. The maximum absolute atomic E-state index is 13.6. The number of amides is 4. The van der Waals surface area contributed by atoms with Crippen LogP contribution in [0.5, 0.6) is 11.5 Å². The molecule has 1 saturated heterocycles. The third-order valence-electron chi connectivity index (χ3n) is 10.00. The molecular weight excluding hydrogens is 608 g/mol. The number of benzene rings is 3. The smallest absolute Gasteiger partial charge is 0.335 e. The van der Waals surface area contributed by atoms with Crippen molar-refractivity contribution in [3.63, 3.8) is 0 Å². The van der Waals surface area contributed by atoms with Crippen molar-refractivity contribution in [1.29, 1.82) is 0 Å². The highest BCUT2D eigenvalue weighted by molar-refractivity contribution is 6.39. The summed E-state index contributed by atoms with van der Waals surface area (Å²) >= 11 is 6.55. The summed E-state index contributed by atoms with van der Waals surface area (Å²) in [5, 5.41) is 11.7. The fourth-order valence-corrected chi connectivity index (χ4v) is 8.67. The van der Waals surface area contributed by atoms with E-state index >= 15 is 0 Å². The molecule has 0 atom stereocenters. The lowest BCUT2D eigenvalue weighted by molar-refractivity contribution is -0.122. The summed E-state index contributed by atoms with van der Waals surface area (Å²) in [5.41, 5.74) is 2.73. The second kappa shape index (κ2) is 11.6. The van der Waals surface area contributed by atoms with Gasteiger partial charge in [-0.15, -0.1) is 0 Å². The van der Waals surface area contributed by atoms with Crippen LogP contribution in [0.25, 0.3) is 6.08 Å². The number of urea groups is 1. The minimum Gasteiger partial charge on any atom is -0.493 e. The average molecular weight is 641 g/mol.